The summed E-state index contributed by atoms with van der Waals surface area (Å²) in [6, 6.07) is 0. The summed E-state index contributed by atoms with van der Waals surface area (Å²) in [5.41, 5.74) is -1.91. The lowest BCUT2D eigenvalue weighted by Crippen LogP contribution is -2.63. The van der Waals surface area contributed by atoms with Crippen LogP contribution in [0.5, 0.6) is 0 Å². The van der Waals surface area contributed by atoms with Gasteiger partial charge in [-0.1, -0.05) is 0 Å². The molecule has 0 bridgehead atoms. The van der Waals surface area contributed by atoms with Crippen LogP contribution in [0.25, 0.3) is 0 Å². The normalized spacial score (nSPS) is 35.4. The van der Waals surface area contributed by atoms with Crippen LogP contribution in [-0.4, -0.2) is 46.3 Å². The van der Waals surface area contributed by atoms with Crippen LogP contribution in [0, 0.1) is 0 Å². The zero-order valence-corrected chi connectivity index (χ0v) is 11.2. The fraction of sp³-hybridized carbons (Fsp3) is 0.923. The molecule has 4 heteroatoms. The summed E-state index contributed by atoms with van der Waals surface area (Å²) in [5, 5.41) is 9.79. The maximum Gasteiger partial charge on any atom is 0.338 e. The van der Waals surface area contributed by atoms with E-state index in [9.17, 15) is 9.90 Å². The fourth-order valence-corrected chi connectivity index (χ4v) is 2.44. The van der Waals surface area contributed by atoms with Crippen LogP contribution in [0.2, 0.25) is 0 Å². The molecule has 0 amide bonds. The predicted octanol–water partition coefficient (Wildman–Crippen LogP) is 1.32. The van der Waals surface area contributed by atoms with E-state index >= 15 is 0 Å². The van der Waals surface area contributed by atoms with E-state index in [0.717, 1.165) is 19.4 Å². The van der Waals surface area contributed by atoms with E-state index in [-0.39, 0.29) is 5.54 Å². The monoisotopic (exact) mass is 241 g/mol. The lowest BCUT2D eigenvalue weighted by molar-refractivity contribution is -0.192. The second kappa shape index (κ2) is 3.69. The Hall–Kier alpha value is -0.610. The maximum atomic E-state index is 11.9. The molecule has 2 aliphatic rings. The summed E-state index contributed by atoms with van der Waals surface area (Å²) in [6.07, 6.45) is 2.95. The summed E-state index contributed by atoms with van der Waals surface area (Å²) in [5.74, 6) is -0.441. The van der Waals surface area contributed by atoms with Crippen LogP contribution in [-0.2, 0) is 9.53 Å². The van der Waals surface area contributed by atoms with E-state index in [1.807, 2.05) is 6.92 Å². The Labute approximate surface area is 103 Å². The molecule has 1 N–H and O–H groups in total. The molecule has 1 aliphatic carbocycles. The molecule has 1 saturated carbocycles. The highest BCUT2D eigenvalue weighted by Crippen LogP contribution is 2.43. The van der Waals surface area contributed by atoms with Crippen LogP contribution in [0.15, 0.2) is 0 Å². The minimum atomic E-state index is -1.19. The number of piperidine rings is 1. The smallest absolute Gasteiger partial charge is 0.338 e. The second-order valence-electron chi connectivity index (χ2n) is 6.24. The van der Waals surface area contributed by atoms with Gasteiger partial charge in [0.2, 0.25) is 0 Å². The quantitative estimate of drug-likeness (QED) is 0.741. The van der Waals surface area contributed by atoms with Gasteiger partial charge in [0.15, 0.2) is 5.60 Å². The number of ether oxygens (including phenoxy) is 1. The van der Waals surface area contributed by atoms with Gasteiger partial charge in [-0.3, -0.25) is 4.90 Å². The highest BCUT2D eigenvalue weighted by molar-refractivity contribution is 5.82. The fourth-order valence-electron chi connectivity index (χ4n) is 2.44. The molecule has 98 valence electrons. The van der Waals surface area contributed by atoms with Crippen molar-refractivity contribution in [3.05, 3.63) is 0 Å². The number of nitrogens with zero attached hydrogens (tertiary/aromatic N) is 1. The third kappa shape index (κ3) is 1.97. The standard InChI is InChI=1S/C13H23NO3/c1-11(2)12(3,6-5-9-14(11)4)17-10(15)13(16)7-8-13/h16H,5-9H2,1-4H3. The van der Waals surface area contributed by atoms with Crippen molar-refractivity contribution in [3.8, 4) is 0 Å². The Morgan fingerprint density at radius 3 is 2.35 bits per heavy atom. The molecule has 1 aliphatic heterocycles. The minimum absolute atomic E-state index is 0.202. The zero-order chi connectivity index (χ0) is 12.9. The Balaban J connectivity index is 2.14. The Morgan fingerprint density at radius 2 is 1.82 bits per heavy atom. The van der Waals surface area contributed by atoms with Crippen molar-refractivity contribution in [1.82, 2.24) is 4.90 Å². The van der Waals surface area contributed by atoms with Crippen molar-refractivity contribution in [3.63, 3.8) is 0 Å². The highest BCUT2D eigenvalue weighted by atomic mass is 16.6. The van der Waals surface area contributed by atoms with Crippen LogP contribution < -0.4 is 0 Å². The number of likely N-dealkylation sites (N-methyl/N-ethyl adjacent to an activating group) is 1. The summed E-state index contributed by atoms with van der Waals surface area (Å²) in [6.45, 7) is 7.18. The number of likely N-dealkylation sites (tertiary alicyclic amines) is 1. The number of aliphatic hydroxyl groups is 1. The molecule has 0 spiro atoms. The van der Waals surface area contributed by atoms with Gasteiger partial charge in [0.25, 0.3) is 0 Å². The average molecular weight is 241 g/mol. The molecular formula is C13H23NO3. The number of esters is 1. The van der Waals surface area contributed by atoms with Crippen molar-refractivity contribution in [2.45, 2.75) is 63.2 Å². The summed E-state index contributed by atoms with van der Waals surface area (Å²) < 4.78 is 5.66. The molecule has 0 aromatic heterocycles. The molecule has 2 fully saturated rings. The van der Waals surface area contributed by atoms with Gasteiger partial charge in [-0.05, 0) is 60.0 Å². The summed E-state index contributed by atoms with van der Waals surface area (Å²) in [7, 11) is 2.05. The lowest BCUT2D eigenvalue weighted by Gasteiger charge is -2.52. The minimum Gasteiger partial charge on any atom is -0.455 e. The molecule has 1 heterocycles. The van der Waals surface area contributed by atoms with Crippen molar-refractivity contribution in [2.24, 2.45) is 0 Å². The first-order chi connectivity index (χ1) is 7.71. The van der Waals surface area contributed by atoms with Gasteiger partial charge in [0.1, 0.15) is 5.60 Å². The first-order valence-corrected chi connectivity index (χ1v) is 6.38. The molecule has 4 nitrogen and oxygen atoms in total. The topological polar surface area (TPSA) is 49.8 Å². The van der Waals surface area contributed by atoms with Crippen LogP contribution in [0.3, 0.4) is 0 Å². The average Bonchev–Trinajstić information content (AvgIpc) is 2.95. The third-order valence-corrected chi connectivity index (χ3v) is 4.82. The van der Waals surface area contributed by atoms with Crippen molar-refractivity contribution >= 4 is 5.97 Å². The molecule has 0 radical (unpaired) electrons. The van der Waals surface area contributed by atoms with E-state index in [0.29, 0.717) is 12.8 Å². The first-order valence-electron chi connectivity index (χ1n) is 6.38. The third-order valence-electron chi connectivity index (χ3n) is 4.82. The molecule has 1 saturated heterocycles. The zero-order valence-electron chi connectivity index (χ0n) is 11.2. The van der Waals surface area contributed by atoms with Gasteiger partial charge in [0, 0.05) is 0 Å². The van der Waals surface area contributed by atoms with E-state index < -0.39 is 17.2 Å². The largest absolute Gasteiger partial charge is 0.455 e. The number of carbonyl (C=O) groups is 1. The van der Waals surface area contributed by atoms with Crippen LogP contribution >= 0.6 is 0 Å². The summed E-state index contributed by atoms with van der Waals surface area (Å²) >= 11 is 0. The van der Waals surface area contributed by atoms with E-state index in [4.69, 9.17) is 4.74 Å². The van der Waals surface area contributed by atoms with Crippen LogP contribution in [0.1, 0.15) is 46.5 Å². The van der Waals surface area contributed by atoms with Gasteiger partial charge < -0.3 is 9.84 Å². The SMILES string of the molecule is CN1CCCC(C)(OC(=O)C2(O)CC2)C1(C)C. The molecule has 1 unspecified atom stereocenters. The van der Waals surface area contributed by atoms with Crippen molar-refractivity contribution < 1.29 is 14.6 Å². The van der Waals surface area contributed by atoms with Gasteiger partial charge in [0.05, 0.1) is 5.54 Å². The Morgan fingerprint density at radius 1 is 1.24 bits per heavy atom. The molecular weight excluding hydrogens is 218 g/mol. The van der Waals surface area contributed by atoms with Gasteiger partial charge >= 0.3 is 5.97 Å². The molecule has 0 aromatic rings. The molecule has 1 atom stereocenters. The van der Waals surface area contributed by atoms with Gasteiger partial charge in [-0.15, -0.1) is 0 Å². The first kappa shape index (κ1) is 12.8. The van der Waals surface area contributed by atoms with Crippen molar-refractivity contribution in [2.75, 3.05) is 13.6 Å². The number of hydrogen-bond donors (Lipinski definition) is 1. The van der Waals surface area contributed by atoms with Gasteiger partial charge in [-0.25, -0.2) is 4.79 Å². The summed E-state index contributed by atoms with van der Waals surface area (Å²) in [4.78, 5) is 14.1. The number of carbonyl (C=O) groups excluding carboxylic acids is 1. The Kier molecular flexibility index (Phi) is 2.79. The van der Waals surface area contributed by atoms with E-state index in [2.05, 4.69) is 25.8 Å². The number of rotatable bonds is 2. The van der Waals surface area contributed by atoms with E-state index in [1.165, 1.54) is 0 Å². The van der Waals surface area contributed by atoms with Crippen molar-refractivity contribution in [1.29, 1.82) is 0 Å². The second-order valence-corrected chi connectivity index (χ2v) is 6.24. The maximum absolute atomic E-state index is 11.9. The molecule has 0 aromatic carbocycles. The van der Waals surface area contributed by atoms with Crippen LogP contribution in [0.4, 0.5) is 0 Å². The molecule has 17 heavy (non-hydrogen) atoms. The predicted molar refractivity (Wildman–Crippen MR) is 64.6 cm³/mol. The lowest BCUT2D eigenvalue weighted by atomic mass is 9.76. The highest BCUT2D eigenvalue weighted by Gasteiger charge is 2.55. The Bertz CT molecular complexity index is 336. The number of hydrogen-bond acceptors (Lipinski definition) is 4. The van der Waals surface area contributed by atoms with E-state index in [1.54, 1.807) is 0 Å². The molecule has 2 rings (SSSR count). The van der Waals surface area contributed by atoms with Gasteiger partial charge in [-0.2, -0.15) is 0 Å².